The molecule has 2 rings (SSSR count). The Morgan fingerprint density at radius 2 is 1.31 bits per heavy atom. The molecule has 54 heavy (non-hydrogen) atoms. The molecule has 0 fully saturated rings. The van der Waals surface area contributed by atoms with Crippen molar-refractivity contribution < 1.29 is 77.7 Å². The molecule has 0 spiro atoms. The van der Waals surface area contributed by atoms with Gasteiger partial charge < -0.3 is 30.5 Å². The van der Waals surface area contributed by atoms with E-state index in [2.05, 4.69) is 14.6 Å². The maximum atomic E-state index is 15.4. The van der Waals surface area contributed by atoms with Crippen LogP contribution in [-0.2, 0) is 25.6 Å². The van der Waals surface area contributed by atoms with Crippen LogP contribution >= 0.6 is 0 Å². The molecule has 3 atom stereocenters. The molecule has 2 aromatic rings. The minimum absolute atomic E-state index is 0.190. The van der Waals surface area contributed by atoms with Crippen LogP contribution in [0.2, 0.25) is 0 Å². The van der Waals surface area contributed by atoms with Gasteiger partial charge in [-0.1, -0.05) is 0 Å². The van der Waals surface area contributed by atoms with Gasteiger partial charge >= 0.3 is 31.1 Å². The number of hydrazine groups is 1. The summed E-state index contributed by atoms with van der Waals surface area (Å²) >= 11 is 0. The van der Waals surface area contributed by atoms with E-state index in [0.29, 0.717) is 44.8 Å². The number of halogens is 10. The molecule has 0 aliphatic rings. The molecule has 4 amide bonds. The van der Waals surface area contributed by atoms with Crippen LogP contribution in [0.3, 0.4) is 0 Å². The monoisotopic (exact) mass is 797 g/mol. The minimum Gasteiger partial charge on any atom is -0.453 e. The smallest absolute Gasteiger partial charge is 0.407 e. The summed E-state index contributed by atoms with van der Waals surface area (Å²) in [4.78, 5) is 49.9. The van der Waals surface area contributed by atoms with E-state index in [0.717, 1.165) is 26.5 Å². The van der Waals surface area contributed by atoms with Crippen molar-refractivity contribution in [2.45, 2.75) is 71.3 Å². The van der Waals surface area contributed by atoms with Crippen LogP contribution in [0.25, 0.3) is 11.3 Å². The van der Waals surface area contributed by atoms with Gasteiger partial charge in [0, 0.05) is 37.0 Å². The van der Waals surface area contributed by atoms with Crippen LogP contribution in [0, 0.1) is 22.5 Å². The number of alkyl carbamates (subject to hydrolysis) is 2. The van der Waals surface area contributed by atoms with Gasteiger partial charge in [0.25, 0.3) is 5.91 Å². The van der Waals surface area contributed by atoms with Crippen LogP contribution in [0.15, 0.2) is 24.4 Å². The molecular formula is C30H37F10N7O7. The van der Waals surface area contributed by atoms with Gasteiger partial charge in [0.15, 0.2) is 0 Å². The Kier molecular flexibility index (Phi) is 14.7. The number of nitrogens with one attached hydrogen (secondary N) is 4. The number of ether oxygens (including phenoxy) is 2. The molecule has 1 aromatic heterocycles. The van der Waals surface area contributed by atoms with Crippen LogP contribution in [0.4, 0.5) is 53.5 Å². The summed E-state index contributed by atoms with van der Waals surface area (Å²) in [6.45, 7) is -4.00. The lowest BCUT2D eigenvalue weighted by Crippen LogP contribution is -2.62. The van der Waals surface area contributed by atoms with E-state index in [1.54, 1.807) is 10.6 Å². The number of methoxy groups -OCH3 is 2. The number of rotatable bonds is 15. The second-order valence-corrected chi connectivity index (χ2v) is 12.7. The predicted octanol–water partition coefficient (Wildman–Crippen LogP) is 4.16. The molecule has 5 N–H and O–H groups in total. The number of hydrogen-bond donors (Lipinski definition) is 5. The molecule has 0 aliphatic heterocycles. The lowest BCUT2D eigenvalue weighted by molar-refractivity contribution is -0.221. The van der Waals surface area contributed by atoms with E-state index in [1.165, 1.54) is 0 Å². The highest BCUT2D eigenvalue weighted by Crippen LogP contribution is 2.41. The minimum atomic E-state index is -5.17. The zero-order valence-corrected chi connectivity index (χ0v) is 29.3. The number of aliphatic hydroxyl groups is 1. The molecule has 304 valence electrons. The molecule has 0 bridgehead atoms. The zero-order valence-electron chi connectivity index (χ0n) is 29.3. The Bertz CT molecular complexity index is 1630. The van der Waals surface area contributed by atoms with Crippen molar-refractivity contribution in [3.8, 4) is 11.3 Å². The summed E-state index contributed by atoms with van der Waals surface area (Å²) < 4.78 is 149. The van der Waals surface area contributed by atoms with Gasteiger partial charge in [-0.25, -0.2) is 28.1 Å². The number of carbonyl (C=O) groups is 4. The highest BCUT2D eigenvalue weighted by molar-refractivity contribution is 5.87. The summed E-state index contributed by atoms with van der Waals surface area (Å²) in [6, 6.07) is -2.54. The number of nitrogens with zero attached hydrogens (tertiary/aromatic N) is 3. The Balaban J connectivity index is 2.49. The van der Waals surface area contributed by atoms with Crippen LogP contribution in [0.1, 0.15) is 39.8 Å². The first kappa shape index (κ1) is 45.3. The molecule has 0 saturated heterocycles. The van der Waals surface area contributed by atoms with E-state index in [9.17, 15) is 59.4 Å². The SMILES string of the molecule is COC(=O)NC(C(=O)NC[C@@H](O)CN(Cc1c(F)cc(-c2ccn(C(F)F)n2)cc1F)NC(=O)[C@@H](NC(=O)OC)C(C)(C)C(F)(F)F)C(C)(C)C(F)(F)F. The zero-order chi connectivity index (χ0) is 41.6. The standard InChI is InChI=1S/C30H37F10N7O7/c1-27(2,29(35,36)37)20(42-25(51)53-5)22(49)41-11-15(48)12-46(45-23(50)21(43-26(52)54-6)28(3,4)30(38,39)40)13-16-17(31)9-14(10-18(16)32)19-7-8-47(44-19)24(33)34/h7-10,15,20-21,24,48H,11-13H2,1-6H3,(H,41,49)(H,42,51)(H,43,52)(H,45,50)/t15-,20?,21-/m1/s1. The Hall–Kier alpha value is -4.87. The fourth-order valence-electron chi connectivity index (χ4n) is 4.53. The molecule has 14 nitrogen and oxygen atoms in total. The van der Waals surface area contributed by atoms with Gasteiger partial charge in [-0.15, -0.1) is 0 Å². The molecule has 0 aliphatic carbocycles. The average Bonchev–Trinajstić information content (AvgIpc) is 3.56. The van der Waals surface area contributed by atoms with Gasteiger partial charge in [0.05, 0.1) is 36.8 Å². The number of benzene rings is 1. The maximum Gasteiger partial charge on any atom is 0.407 e. The van der Waals surface area contributed by atoms with Crippen molar-refractivity contribution in [1.82, 2.24) is 36.2 Å². The lowest BCUT2D eigenvalue weighted by atomic mass is 9.83. The third kappa shape index (κ3) is 11.1. The first-order valence-electron chi connectivity index (χ1n) is 15.3. The highest BCUT2D eigenvalue weighted by atomic mass is 19.4. The van der Waals surface area contributed by atoms with Crippen molar-refractivity contribution in [1.29, 1.82) is 0 Å². The fourth-order valence-corrected chi connectivity index (χ4v) is 4.53. The van der Waals surface area contributed by atoms with Gasteiger partial charge in [-0.2, -0.15) is 40.2 Å². The molecule has 1 heterocycles. The largest absolute Gasteiger partial charge is 0.453 e. The summed E-state index contributed by atoms with van der Waals surface area (Å²) in [5.74, 6) is -5.97. The average molecular weight is 798 g/mol. The normalized spacial score (nSPS) is 14.3. The molecule has 1 unspecified atom stereocenters. The quantitative estimate of drug-likeness (QED) is 0.131. The van der Waals surface area contributed by atoms with Crippen molar-refractivity contribution >= 4 is 24.0 Å². The highest BCUT2D eigenvalue weighted by Gasteiger charge is 2.57. The Morgan fingerprint density at radius 3 is 1.72 bits per heavy atom. The molecule has 24 heteroatoms. The van der Waals surface area contributed by atoms with E-state index < -0.39 is 109 Å². The molecule has 1 aromatic carbocycles. The van der Waals surface area contributed by atoms with Crippen molar-refractivity contribution in [3.63, 3.8) is 0 Å². The summed E-state index contributed by atoms with van der Waals surface area (Å²) in [5, 5.41) is 20.1. The van der Waals surface area contributed by atoms with Crippen molar-refractivity contribution in [2.24, 2.45) is 10.8 Å². The van der Waals surface area contributed by atoms with E-state index >= 15 is 8.78 Å². The van der Waals surface area contributed by atoms with Crippen molar-refractivity contribution in [2.75, 3.05) is 27.3 Å². The first-order valence-corrected chi connectivity index (χ1v) is 15.3. The van der Waals surface area contributed by atoms with Crippen LogP contribution in [0.5, 0.6) is 0 Å². The summed E-state index contributed by atoms with van der Waals surface area (Å²) in [7, 11) is 1.58. The van der Waals surface area contributed by atoms with E-state index in [1.807, 2.05) is 10.7 Å². The number of aromatic nitrogens is 2. The van der Waals surface area contributed by atoms with E-state index in [4.69, 9.17) is 0 Å². The Labute approximate surface area is 300 Å². The second kappa shape index (κ2) is 17.5. The number of alkyl halides is 8. The number of amides is 4. The maximum absolute atomic E-state index is 15.4. The van der Waals surface area contributed by atoms with Crippen molar-refractivity contribution in [3.05, 3.63) is 41.6 Å². The Morgan fingerprint density at radius 1 is 0.852 bits per heavy atom. The van der Waals surface area contributed by atoms with E-state index in [-0.39, 0.29) is 15.9 Å². The fraction of sp³-hybridized carbons (Fsp3) is 0.567. The van der Waals surface area contributed by atoms with Crippen LogP contribution < -0.4 is 21.4 Å². The third-order valence-corrected chi connectivity index (χ3v) is 8.13. The number of carbonyl (C=O) groups excluding carboxylic acids is 4. The first-order chi connectivity index (χ1) is 24.7. The molecule has 0 saturated carbocycles. The lowest BCUT2D eigenvalue weighted by Gasteiger charge is -2.37. The third-order valence-electron chi connectivity index (χ3n) is 8.13. The molecule has 0 radical (unpaired) electrons. The summed E-state index contributed by atoms with van der Waals surface area (Å²) in [6.07, 6.45) is -14.3. The van der Waals surface area contributed by atoms with Gasteiger partial charge in [0.2, 0.25) is 5.91 Å². The molecular weight excluding hydrogens is 760 g/mol. The predicted molar refractivity (Wildman–Crippen MR) is 165 cm³/mol. The van der Waals surface area contributed by atoms with Gasteiger partial charge in [0.1, 0.15) is 23.7 Å². The number of aliphatic hydroxyl groups excluding tert-OH is 1. The summed E-state index contributed by atoms with van der Waals surface area (Å²) in [5.41, 5.74) is -5.61. The second-order valence-electron chi connectivity index (χ2n) is 12.7. The van der Waals surface area contributed by atoms with Crippen LogP contribution in [-0.4, -0.2) is 102 Å². The van der Waals surface area contributed by atoms with Gasteiger partial charge in [-0.3, -0.25) is 15.0 Å². The number of hydrogen-bond acceptors (Lipinski definition) is 9. The topological polar surface area (TPSA) is 176 Å². The van der Waals surface area contributed by atoms with Gasteiger partial charge in [-0.05, 0) is 45.9 Å².